The molecule has 134 valence electrons. The van der Waals surface area contributed by atoms with Gasteiger partial charge in [0.2, 0.25) is 0 Å². The molecule has 4 rings (SSSR count). The molecule has 7 nitrogen and oxygen atoms in total. The summed E-state index contributed by atoms with van der Waals surface area (Å²) in [6.07, 6.45) is -0.873. The van der Waals surface area contributed by atoms with Gasteiger partial charge in [0.15, 0.2) is 0 Å². The molecule has 0 aliphatic carbocycles. The Labute approximate surface area is 145 Å². The molecule has 0 amide bonds. The summed E-state index contributed by atoms with van der Waals surface area (Å²) >= 11 is 0. The minimum atomic E-state index is -4.63. The molecule has 0 unspecified atom stereocenters. The van der Waals surface area contributed by atoms with E-state index < -0.39 is 12.0 Å². The number of hydrogen-bond donors (Lipinski definition) is 1. The summed E-state index contributed by atoms with van der Waals surface area (Å²) in [4.78, 5) is 12.0. The highest BCUT2D eigenvalue weighted by atomic mass is 19.4. The molecular weight excluding hydrogens is 347 g/mol. The van der Waals surface area contributed by atoms with Crippen LogP contribution in [0.3, 0.4) is 0 Å². The summed E-state index contributed by atoms with van der Waals surface area (Å²) < 4.78 is 41.5. The van der Waals surface area contributed by atoms with Crippen LogP contribution in [0.1, 0.15) is 22.8 Å². The molecule has 4 heterocycles. The number of imidazole rings is 1. The average Bonchev–Trinajstić information content (AvgIpc) is 3.16. The maximum absolute atomic E-state index is 12.9. The molecule has 0 spiro atoms. The molecule has 0 aromatic carbocycles. The molecule has 0 atom stereocenters. The molecule has 0 aliphatic rings. The predicted octanol–water partition coefficient (Wildman–Crippen LogP) is 3.02. The molecule has 26 heavy (non-hydrogen) atoms. The number of halogens is 3. The maximum atomic E-state index is 12.9. The van der Waals surface area contributed by atoms with Crippen molar-refractivity contribution in [3.8, 4) is 0 Å². The fourth-order valence-electron chi connectivity index (χ4n) is 2.70. The van der Waals surface area contributed by atoms with E-state index in [0.717, 1.165) is 21.4 Å². The molecule has 4 aromatic heterocycles. The van der Waals surface area contributed by atoms with Crippen molar-refractivity contribution in [1.29, 1.82) is 0 Å². The van der Waals surface area contributed by atoms with Gasteiger partial charge in [-0.2, -0.15) is 22.7 Å². The van der Waals surface area contributed by atoms with Gasteiger partial charge in [-0.3, -0.25) is 0 Å². The molecule has 0 fully saturated rings. The normalized spacial score (nSPS) is 12.2. The Morgan fingerprint density at radius 2 is 1.96 bits per heavy atom. The van der Waals surface area contributed by atoms with Crippen LogP contribution in [0.25, 0.3) is 11.4 Å². The second-order valence-corrected chi connectivity index (χ2v) is 5.94. The maximum Gasteiger partial charge on any atom is 0.453 e. The summed E-state index contributed by atoms with van der Waals surface area (Å²) in [5.74, 6) is -0.961. The lowest BCUT2D eigenvalue weighted by molar-refractivity contribution is -0.144. The average molecular weight is 361 g/mol. The largest absolute Gasteiger partial charge is 0.453 e. The summed E-state index contributed by atoms with van der Waals surface area (Å²) in [7, 11) is 0. The van der Waals surface area contributed by atoms with Gasteiger partial charge in [0, 0.05) is 24.2 Å². The standard InChI is InChI=1S/C16H14F3N7/c1-9-4-3-5-25-8-11(22-13(9)25)7-20-12-6-10(2)21-15-23-14(16(17,18)19)24-26(12)15/h3-6,8,20H,7H2,1-2H3. The van der Waals surface area contributed by atoms with E-state index >= 15 is 0 Å². The Morgan fingerprint density at radius 1 is 1.15 bits per heavy atom. The second-order valence-electron chi connectivity index (χ2n) is 5.94. The van der Waals surface area contributed by atoms with Gasteiger partial charge in [-0.05, 0) is 25.5 Å². The Hall–Kier alpha value is -3.17. The molecular formula is C16H14F3N7. The van der Waals surface area contributed by atoms with Crippen molar-refractivity contribution >= 4 is 17.2 Å². The van der Waals surface area contributed by atoms with Crippen LogP contribution in [0, 0.1) is 13.8 Å². The number of anilines is 1. The zero-order valence-electron chi connectivity index (χ0n) is 13.9. The SMILES string of the molecule is Cc1cc(NCc2cn3cccc(C)c3n2)n2nc(C(F)(F)F)nc2n1. The third kappa shape index (κ3) is 2.83. The van der Waals surface area contributed by atoms with Gasteiger partial charge in [-0.25, -0.2) is 9.97 Å². The zero-order valence-corrected chi connectivity index (χ0v) is 13.9. The number of nitrogens with zero attached hydrogens (tertiary/aromatic N) is 6. The lowest BCUT2D eigenvalue weighted by Crippen LogP contribution is -2.09. The van der Waals surface area contributed by atoms with Gasteiger partial charge in [0.1, 0.15) is 11.5 Å². The molecule has 0 bridgehead atoms. The van der Waals surface area contributed by atoms with Crippen LogP contribution < -0.4 is 5.32 Å². The molecule has 1 N–H and O–H groups in total. The topological polar surface area (TPSA) is 72.4 Å². The lowest BCUT2D eigenvalue weighted by Gasteiger charge is -2.07. The van der Waals surface area contributed by atoms with Crippen molar-refractivity contribution in [2.75, 3.05) is 5.32 Å². The Morgan fingerprint density at radius 3 is 2.69 bits per heavy atom. The summed E-state index contributed by atoms with van der Waals surface area (Å²) in [6, 6.07) is 5.50. The van der Waals surface area contributed by atoms with E-state index in [2.05, 4.69) is 25.4 Å². The van der Waals surface area contributed by atoms with Crippen molar-refractivity contribution in [3.63, 3.8) is 0 Å². The van der Waals surface area contributed by atoms with Gasteiger partial charge in [0.05, 0.1) is 12.2 Å². The van der Waals surface area contributed by atoms with Crippen LogP contribution in [0.5, 0.6) is 0 Å². The third-order valence-corrected chi connectivity index (χ3v) is 3.87. The third-order valence-electron chi connectivity index (χ3n) is 3.87. The number of hydrogen-bond acceptors (Lipinski definition) is 5. The van der Waals surface area contributed by atoms with Crippen LogP contribution >= 0.6 is 0 Å². The van der Waals surface area contributed by atoms with E-state index in [4.69, 9.17) is 0 Å². The van der Waals surface area contributed by atoms with Gasteiger partial charge >= 0.3 is 6.18 Å². The van der Waals surface area contributed by atoms with E-state index in [-0.39, 0.29) is 5.78 Å². The highest BCUT2D eigenvalue weighted by molar-refractivity contribution is 5.49. The van der Waals surface area contributed by atoms with E-state index in [9.17, 15) is 13.2 Å². The summed E-state index contributed by atoms with van der Waals surface area (Å²) in [5.41, 5.74) is 3.15. The molecule has 10 heteroatoms. The van der Waals surface area contributed by atoms with E-state index in [1.54, 1.807) is 13.0 Å². The predicted molar refractivity (Wildman–Crippen MR) is 87.8 cm³/mol. The quantitative estimate of drug-likeness (QED) is 0.607. The van der Waals surface area contributed by atoms with Gasteiger partial charge in [0.25, 0.3) is 11.6 Å². The fourth-order valence-corrected chi connectivity index (χ4v) is 2.70. The van der Waals surface area contributed by atoms with Crippen molar-refractivity contribution in [3.05, 3.63) is 53.4 Å². The molecule has 0 saturated carbocycles. The first kappa shape index (κ1) is 16.3. The molecule has 0 saturated heterocycles. The van der Waals surface area contributed by atoms with Gasteiger partial charge in [-0.1, -0.05) is 6.07 Å². The van der Waals surface area contributed by atoms with Crippen molar-refractivity contribution in [1.82, 2.24) is 29.0 Å². The number of nitrogens with one attached hydrogen (secondary N) is 1. The summed E-state index contributed by atoms with van der Waals surface area (Å²) in [6.45, 7) is 3.96. The van der Waals surface area contributed by atoms with Crippen LogP contribution in [0.15, 0.2) is 30.6 Å². The van der Waals surface area contributed by atoms with Crippen LogP contribution in [-0.4, -0.2) is 29.0 Å². The van der Waals surface area contributed by atoms with Crippen LogP contribution in [-0.2, 0) is 12.7 Å². The number of aromatic nitrogens is 6. The Kier molecular flexibility index (Phi) is 3.56. The zero-order chi connectivity index (χ0) is 18.5. The van der Waals surface area contributed by atoms with Crippen LogP contribution in [0.2, 0.25) is 0 Å². The highest BCUT2D eigenvalue weighted by Gasteiger charge is 2.36. The number of rotatable bonds is 3. The first-order valence-corrected chi connectivity index (χ1v) is 7.80. The smallest absolute Gasteiger partial charge is 0.364 e. The molecule has 0 aliphatic heterocycles. The second kappa shape index (κ2) is 5.68. The Balaban J connectivity index is 1.67. The van der Waals surface area contributed by atoms with Crippen molar-refractivity contribution in [2.45, 2.75) is 26.6 Å². The number of fused-ring (bicyclic) bond motifs is 2. The number of aryl methyl sites for hydroxylation is 2. The summed E-state index contributed by atoms with van der Waals surface area (Å²) in [5, 5.41) is 6.59. The monoisotopic (exact) mass is 361 g/mol. The van der Waals surface area contributed by atoms with E-state index in [1.165, 1.54) is 0 Å². The van der Waals surface area contributed by atoms with E-state index in [1.807, 2.05) is 35.9 Å². The lowest BCUT2D eigenvalue weighted by atomic mass is 10.3. The first-order chi connectivity index (χ1) is 12.3. The fraction of sp³-hybridized carbons (Fsp3) is 0.250. The molecule has 0 radical (unpaired) electrons. The number of alkyl halides is 3. The molecule has 4 aromatic rings. The van der Waals surface area contributed by atoms with Crippen LogP contribution in [0.4, 0.5) is 19.0 Å². The van der Waals surface area contributed by atoms with Gasteiger partial charge in [-0.15, -0.1) is 5.10 Å². The first-order valence-electron chi connectivity index (χ1n) is 7.80. The van der Waals surface area contributed by atoms with E-state index in [0.29, 0.717) is 18.1 Å². The van der Waals surface area contributed by atoms with Crippen molar-refractivity contribution < 1.29 is 13.2 Å². The minimum absolute atomic E-state index is 0.106. The minimum Gasteiger partial charge on any atom is -0.364 e. The number of pyridine rings is 1. The van der Waals surface area contributed by atoms with Crippen molar-refractivity contribution in [2.24, 2.45) is 0 Å². The Bertz CT molecular complexity index is 1110. The highest BCUT2D eigenvalue weighted by Crippen LogP contribution is 2.27. The van der Waals surface area contributed by atoms with Gasteiger partial charge < -0.3 is 9.72 Å².